The van der Waals surface area contributed by atoms with E-state index in [2.05, 4.69) is 30.5 Å². The summed E-state index contributed by atoms with van der Waals surface area (Å²) < 4.78 is 5.89. The fourth-order valence-electron chi connectivity index (χ4n) is 3.32. The molecule has 1 unspecified atom stereocenters. The number of benzene rings is 1. The molecule has 104 valence electrons. The fraction of sp³-hybridized carbons (Fsp3) is 0.625. The second-order valence-corrected chi connectivity index (χ2v) is 6.35. The lowest BCUT2D eigenvalue weighted by Gasteiger charge is -2.34. The molecule has 19 heavy (non-hydrogen) atoms. The van der Waals surface area contributed by atoms with Crippen LogP contribution in [-0.4, -0.2) is 6.10 Å². The van der Waals surface area contributed by atoms with Gasteiger partial charge in [0, 0.05) is 0 Å². The van der Waals surface area contributed by atoms with Gasteiger partial charge in [0.2, 0.25) is 0 Å². The predicted octanol–water partition coefficient (Wildman–Crippen LogP) is 3.31. The molecular weight excluding hydrogens is 236 g/mol. The van der Waals surface area contributed by atoms with E-state index in [1.165, 1.54) is 44.1 Å². The van der Waals surface area contributed by atoms with Crippen LogP contribution < -0.4 is 16.0 Å². The van der Waals surface area contributed by atoms with Crippen LogP contribution in [0.15, 0.2) is 24.3 Å². The van der Waals surface area contributed by atoms with Crippen LogP contribution in [0.3, 0.4) is 0 Å². The van der Waals surface area contributed by atoms with Crippen molar-refractivity contribution in [2.75, 3.05) is 0 Å². The fourth-order valence-corrected chi connectivity index (χ4v) is 3.32. The molecule has 3 heteroatoms. The second kappa shape index (κ2) is 5.14. The summed E-state index contributed by atoms with van der Waals surface area (Å²) in [6.07, 6.45) is 7.95. The maximum Gasteiger partial charge on any atom is 0.120 e. The van der Waals surface area contributed by atoms with Gasteiger partial charge in [0.05, 0.1) is 12.1 Å². The Hall–Kier alpha value is -1.06. The summed E-state index contributed by atoms with van der Waals surface area (Å²) in [4.78, 5) is 0. The Morgan fingerprint density at radius 3 is 2.68 bits per heavy atom. The van der Waals surface area contributed by atoms with E-state index in [-0.39, 0.29) is 11.5 Å². The molecule has 3 rings (SSSR count). The average Bonchev–Trinajstić information content (AvgIpc) is 3.10. The highest BCUT2D eigenvalue weighted by Gasteiger charge is 2.37. The first-order chi connectivity index (χ1) is 9.21. The molecule has 0 spiro atoms. The minimum atomic E-state index is 0.220. The van der Waals surface area contributed by atoms with E-state index in [4.69, 9.17) is 10.6 Å². The molecule has 0 aliphatic heterocycles. The Labute approximate surface area is 115 Å². The van der Waals surface area contributed by atoms with Gasteiger partial charge in [-0.15, -0.1) is 0 Å². The molecule has 2 aliphatic rings. The Balaban J connectivity index is 1.81. The monoisotopic (exact) mass is 260 g/mol. The zero-order valence-corrected chi connectivity index (χ0v) is 11.7. The van der Waals surface area contributed by atoms with Crippen LogP contribution in [0.1, 0.15) is 57.1 Å². The van der Waals surface area contributed by atoms with Crippen LogP contribution in [0.2, 0.25) is 0 Å². The summed E-state index contributed by atoms with van der Waals surface area (Å²) in [5.41, 5.74) is 4.57. The van der Waals surface area contributed by atoms with Gasteiger partial charge in [-0.25, -0.2) is 0 Å². The van der Waals surface area contributed by atoms with Crippen molar-refractivity contribution in [2.45, 2.75) is 57.6 Å². The summed E-state index contributed by atoms with van der Waals surface area (Å²) in [6, 6.07) is 8.67. The van der Waals surface area contributed by atoms with Gasteiger partial charge >= 0.3 is 0 Å². The normalized spacial score (nSPS) is 23.3. The van der Waals surface area contributed by atoms with Crippen molar-refractivity contribution < 1.29 is 4.74 Å². The average molecular weight is 260 g/mol. The number of hydrazine groups is 1. The zero-order chi connectivity index (χ0) is 13.3. The minimum absolute atomic E-state index is 0.220. The lowest BCUT2D eigenvalue weighted by molar-refractivity contribution is 0.224. The SMILES string of the molecule is CC1(C(NN)c2cccc(OC3CC3)c2)CCCC1. The molecule has 2 aliphatic carbocycles. The summed E-state index contributed by atoms with van der Waals surface area (Å²) in [6.45, 7) is 2.35. The number of hydrogen-bond donors (Lipinski definition) is 2. The highest BCUT2D eigenvalue weighted by Crippen LogP contribution is 2.47. The molecule has 0 aromatic heterocycles. The molecule has 0 amide bonds. The Morgan fingerprint density at radius 1 is 1.32 bits per heavy atom. The van der Waals surface area contributed by atoms with E-state index in [1.54, 1.807) is 0 Å². The van der Waals surface area contributed by atoms with Crippen molar-refractivity contribution in [3.8, 4) is 5.75 Å². The number of ether oxygens (including phenoxy) is 1. The van der Waals surface area contributed by atoms with Crippen molar-refractivity contribution in [1.82, 2.24) is 5.43 Å². The van der Waals surface area contributed by atoms with E-state index in [1.807, 2.05) is 6.07 Å². The van der Waals surface area contributed by atoms with E-state index < -0.39 is 0 Å². The van der Waals surface area contributed by atoms with E-state index in [0.29, 0.717) is 6.10 Å². The molecule has 2 saturated carbocycles. The molecule has 0 saturated heterocycles. The Bertz CT molecular complexity index is 436. The maximum absolute atomic E-state index is 5.89. The molecule has 1 aromatic rings. The van der Waals surface area contributed by atoms with Gasteiger partial charge < -0.3 is 4.74 Å². The zero-order valence-electron chi connectivity index (χ0n) is 11.7. The van der Waals surface area contributed by atoms with Crippen molar-refractivity contribution in [3.05, 3.63) is 29.8 Å². The molecule has 2 fully saturated rings. The van der Waals surface area contributed by atoms with Gasteiger partial charge in [-0.3, -0.25) is 11.3 Å². The highest BCUT2D eigenvalue weighted by molar-refractivity contribution is 5.32. The van der Waals surface area contributed by atoms with E-state index in [9.17, 15) is 0 Å². The largest absolute Gasteiger partial charge is 0.490 e. The predicted molar refractivity (Wildman–Crippen MR) is 76.7 cm³/mol. The number of nitrogens with one attached hydrogen (secondary N) is 1. The molecule has 3 nitrogen and oxygen atoms in total. The Kier molecular flexibility index (Phi) is 3.50. The smallest absolute Gasteiger partial charge is 0.120 e. The Morgan fingerprint density at radius 2 is 2.05 bits per heavy atom. The van der Waals surface area contributed by atoms with Crippen LogP contribution in [0.25, 0.3) is 0 Å². The lowest BCUT2D eigenvalue weighted by Crippen LogP contribution is -2.38. The minimum Gasteiger partial charge on any atom is -0.490 e. The quantitative estimate of drug-likeness (QED) is 0.630. The first-order valence-corrected chi connectivity index (χ1v) is 7.44. The lowest BCUT2D eigenvalue weighted by atomic mass is 9.77. The number of hydrogen-bond acceptors (Lipinski definition) is 3. The second-order valence-electron chi connectivity index (χ2n) is 6.35. The van der Waals surface area contributed by atoms with Gasteiger partial charge in [-0.1, -0.05) is 31.9 Å². The molecule has 0 bridgehead atoms. The van der Waals surface area contributed by atoms with Crippen LogP contribution in [-0.2, 0) is 0 Å². The third-order valence-electron chi connectivity index (χ3n) is 4.63. The standard InChI is InChI=1S/C16H24N2O/c1-16(9-2-3-10-16)15(18-17)12-5-4-6-14(11-12)19-13-7-8-13/h4-6,11,13,15,18H,2-3,7-10,17H2,1H3. The van der Waals surface area contributed by atoms with Crippen molar-refractivity contribution in [1.29, 1.82) is 0 Å². The third kappa shape index (κ3) is 2.77. The third-order valence-corrected chi connectivity index (χ3v) is 4.63. The molecule has 0 radical (unpaired) electrons. The summed E-state index contributed by atoms with van der Waals surface area (Å²) in [5.74, 6) is 6.83. The number of rotatable bonds is 5. The molecule has 0 heterocycles. The van der Waals surface area contributed by atoms with Gasteiger partial charge in [-0.2, -0.15) is 0 Å². The van der Waals surface area contributed by atoms with Crippen molar-refractivity contribution in [2.24, 2.45) is 11.3 Å². The maximum atomic E-state index is 5.89. The van der Waals surface area contributed by atoms with Gasteiger partial charge in [0.25, 0.3) is 0 Å². The summed E-state index contributed by atoms with van der Waals surface area (Å²) in [5, 5.41) is 0. The molecule has 3 N–H and O–H groups in total. The highest BCUT2D eigenvalue weighted by atomic mass is 16.5. The first-order valence-electron chi connectivity index (χ1n) is 7.44. The van der Waals surface area contributed by atoms with Crippen molar-refractivity contribution >= 4 is 0 Å². The molecule has 1 aromatic carbocycles. The first kappa shape index (κ1) is 12.9. The van der Waals surface area contributed by atoms with Gasteiger partial charge in [0.15, 0.2) is 0 Å². The van der Waals surface area contributed by atoms with Crippen LogP contribution in [0.5, 0.6) is 5.75 Å². The van der Waals surface area contributed by atoms with E-state index >= 15 is 0 Å². The summed E-state index contributed by atoms with van der Waals surface area (Å²) in [7, 11) is 0. The van der Waals surface area contributed by atoms with Crippen LogP contribution in [0, 0.1) is 5.41 Å². The van der Waals surface area contributed by atoms with Gasteiger partial charge in [0.1, 0.15) is 5.75 Å². The van der Waals surface area contributed by atoms with Crippen molar-refractivity contribution in [3.63, 3.8) is 0 Å². The summed E-state index contributed by atoms with van der Waals surface area (Å²) >= 11 is 0. The molecule has 1 atom stereocenters. The van der Waals surface area contributed by atoms with Gasteiger partial charge in [-0.05, 0) is 48.8 Å². The van der Waals surface area contributed by atoms with E-state index in [0.717, 1.165) is 5.75 Å². The van der Waals surface area contributed by atoms with Crippen LogP contribution in [0.4, 0.5) is 0 Å². The molecular formula is C16H24N2O. The number of nitrogens with two attached hydrogens (primary N) is 1. The van der Waals surface area contributed by atoms with Crippen LogP contribution >= 0.6 is 0 Å². The topological polar surface area (TPSA) is 47.3 Å².